The van der Waals surface area contributed by atoms with Crippen molar-refractivity contribution in [1.29, 1.82) is 0 Å². The van der Waals surface area contributed by atoms with Crippen molar-refractivity contribution in [2.75, 3.05) is 5.32 Å². The minimum Gasteiger partial charge on any atom is -0.325 e. The predicted molar refractivity (Wildman–Crippen MR) is 84.5 cm³/mol. The molecule has 0 spiro atoms. The lowest BCUT2D eigenvalue weighted by Gasteiger charge is -2.13. The van der Waals surface area contributed by atoms with Gasteiger partial charge in [0.05, 0.1) is 11.8 Å². The Balaban J connectivity index is 2.16. The summed E-state index contributed by atoms with van der Waals surface area (Å²) in [5.74, 6) is -0.830. The zero-order valence-electron chi connectivity index (χ0n) is 11.4. The Kier molecular flexibility index (Phi) is 5.21. The van der Waals surface area contributed by atoms with Gasteiger partial charge in [-0.2, -0.15) is 0 Å². The van der Waals surface area contributed by atoms with Gasteiger partial charge in [0.2, 0.25) is 5.91 Å². The fourth-order valence-corrected chi connectivity index (χ4v) is 2.43. The average Bonchev–Trinajstić information content (AvgIpc) is 2.43. The molecular weight excluding hydrogens is 312 g/mol. The van der Waals surface area contributed by atoms with Crippen LogP contribution >= 0.6 is 23.2 Å². The Bertz CT molecular complexity index is 638. The number of nitrogens with one attached hydrogen (secondary N) is 1. The SMILES string of the molecule is CC(Cl)c1ccccc1NC(=O)Cc1c(F)cccc1Cl. The van der Waals surface area contributed by atoms with Gasteiger partial charge in [-0.1, -0.05) is 35.9 Å². The van der Waals surface area contributed by atoms with Crippen molar-refractivity contribution < 1.29 is 9.18 Å². The zero-order valence-corrected chi connectivity index (χ0v) is 12.9. The summed E-state index contributed by atoms with van der Waals surface area (Å²) < 4.78 is 13.7. The third kappa shape index (κ3) is 3.96. The number of para-hydroxylation sites is 1. The van der Waals surface area contributed by atoms with Gasteiger partial charge in [0.1, 0.15) is 5.82 Å². The zero-order chi connectivity index (χ0) is 15.4. The number of carbonyl (C=O) groups is 1. The highest BCUT2D eigenvalue weighted by atomic mass is 35.5. The molecule has 2 aromatic rings. The molecule has 2 aromatic carbocycles. The maximum absolute atomic E-state index is 13.7. The summed E-state index contributed by atoms with van der Waals surface area (Å²) in [6, 6.07) is 11.6. The highest BCUT2D eigenvalue weighted by molar-refractivity contribution is 6.31. The lowest BCUT2D eigenvalue weighted by molar-refractivity contribution is -0.115. The first kappa shape index (κ1) is 15.8. The molecule has 1 unspecified atom stereocenters. The lowest BCUT2D eigenvalue weighted by Crippen LogP contribution is -2.16. The first-order valence-electron chi connectivity index (χ1n) is 6.44. The Morgan fingerprint density at radius 3 is 2.62 bits per heavy atom. The molecule has 1 amide bonds. The van der Waals surface area contributed by atoms with Crippen LogP contribution in [0.3, 0.4) is 0 Å². The number of anilines is 1. The predicted octanol–water partition coefficient (Wildman–Crippen LogP) is 4.96. The van der Waals surface area contributed by atoms with Crippen molar-refractivity contribution in [2.45, 2.75) is 18.7 Å². The summed E-state index contributed by atoms with van der Waals surface area (Å²) in [5.41, 5.74) is 1.62. The largest absolute Gasteiger partial charge is 0.325 e. The lowest BCUT2D eigenvalue weighted by atomic mass is 10.1. The van der Waals surface area contributed by atoms with Crippen LogP contribution in [-0.2, 0) is 11.2 Å². The summed E-state index contributed by atoms with van der Waals surface area (Å²) in [5, 5.41) is 2.75. The molecule has 0 aliphatic heterocycles. The fraction of sp³-hybridized carbons (Fsp3) is 0.188. The Morgan fingerprint density at radius 1 is 1.24 bits per heavy atom. The highest BCUT2D eigenvalue weighted by Crippen LogP contribution is 2.27. The number of benzene rings is 2. The van der Waals surface area contributed by atoms with Crippen LogP contribution in [0.1, 0.15) is 23.4 Å². The van der Waals surface area contributed by atoms with Crippen LogP contribution in [-0.4, -0.2) is 5.91 Å². The van der Waals surface area contributed by atoms with E-state index in [0.717, 1.165) is 5.56 Å². The quantitative estimate of drug-likeness (QED) is 0.791. The van der Waals surface area contributed by atoms with E-state index in [1.54, 1.807) is 18.2 Å². The number of carbonyl (C=O) groups excluding carboxylic acids is 1. The summed E-state index contributed by atoms with van der Waals surface area (Å²) in [4.78, 5) is 12.1. The Labute approximate surface area is 132 Å². The van der Waals surface area contributed by atoms with Crippen LogP contribution in [0.4, 0.5) is 10.1 Å². The van der Waals surface area contributed by atoms with E-state index in [0.29, 0.717) is 5.69 Å². The molecule has 2 rings (SSSR count). The fourth-order valence-electron chi connectivity index (χ4n) is 2.01. The van der Waals surface area contributed by atoms with Crippen LogP contribution in [0.15, 0.2) is 42.5 Å². The van der Waals surface area contributed by atoms with Crippen molar-refractivity contribution >= 4 is 34.8 Å². The van der Waals surface area contributed by atoms with Crippen LogP contribution in [0.2, 0.25) is 5.02 Å². The van der Waals surface area contributed by atoms with Gasteiger partial charge in [-0.25, -0.2) is 4.39 Å². The molecule has 5 heteroatoms. The second-order valence-electron chi connectivity index (χ2n) is 4.63. The number of hydrogen-bond donors (Lipinski definition) is 1. The smallest absolute Gasteiger partial charge is 0.228 e. The second kappa shape index (κ2) is 6.92. The topological polar surface area (TPSA) is 29.1 Å². The van der Waals surface area contributed by atoms with Crippen LogP contribution < -0.4 is 5.32 Å². The van der Waals surface area contributed by atoms with Crippen molar-refractivity contribution in [3.8, 4) is 0 Å². The van der Waals surface area contributed by atoms with Gasteiger partial charge in [-0.15, -0.1) is 11.6 Å². The molecule has 0 fully saturated rings. The van der Waals surface area contributed by atoms with Crippen molar-refractivity contribution in [3.63, 3.8) is 0 Å². The van der Waals surface area contributed by atoms with Crippen molar-refractivity contribution in [1.82, 2.24) is 0 Å². The van der Waals surface area contributed by atoms with Gasteiger partial charge in [0.15, 0.2) is 0 Å². The standard InChI is InChI=1S/C16H14Cl2FNO/c1-10(17)11-5-2-3-8-15(11)20-16(21)9-12-13(18)6-4-7-14(12)19/h2-8,10H,9H2,1H3,(H,20,21). The summed E-state index contributed by atoms with van der Waals surface area (Å²) in [6.07, 6.45) is -0.128. The molecule has 0 aromatic heterocycles. The molecule has 110 valence electrons. The van der Waals surface area contributed by atoms with E-state index in [9.17, 15) is 9.18 Å². The molecule has 0 saturated carbocycles. The molecular formula is C16H14Cl2FNO. The number of hydrogen-bond acceptors (Lipinski definition) is 1. The molecule has 0 aliphatic carbocycles. The molecule has 0 aliphatic rings. The first-order chi connectivity index (χ1) is 9.99. The minimum atomic E-state index is -0.489. The molecule has 1 atom stereocenters. The van der Waals surface area contributed by atoms with E-state index in [-0.39, 0.29) is 28.3 Å². The number of alkyl halides is 1. The monoisotopic (exact) mass is 325 g/mol. The highest BCUT2D eigenvalue weighted by Gasteiger charge is 2.14. The van der Waals surface area contributed by atoms with Gasteiger partial charge in [0.25, 0.3) is 0 Å². The van der Waals surface area contributed by atoms with Gasteiger partial charge in [-0.05, 0) is 30.7 Å². The van der Waals surface area contributed by atoms with Crippen LogP contribution in [0, 0.1) is 5.82 Å². The summed E-state index contributed by atoms with van der Waals surface area (Å²) in [7, 11) is 0. The van der Waals surface area contributed by atoms with E-state index in [4.69, 9.17) is 23.2 Å². The third-order valence-corrected chi connectivity index (χ3v) is 3.65. The van der Waals surface area contributed by atoms with E-state index in [2.05, 4.69) is 5.32 Å². The Morgan fingerprint density at radius 2 is 1.95 bits per heavy atom. The van der Waals surface area contributed by atoms with E-state index in [1.807, 2.05) is 19.1 Å². The van der Waals surface area contributed by atoms with Gasteiger partial charge in [0, 0.05) is 16.3 Å². The average molecular weight is 326 g/mol. The number of amides is 1. The normalized spacial score (nSPS) is 12.0. The molecule has 0 radical (unpaired) electrons. The first-order valence-corrected chi connectivity index (χ1v) is 7.26. The van der Waals surface area contributed by atoms with Crippen molar-refractivity contribution in [3.05, 3.63) is 64.4 Å². The number of halogens is 3. The minimum absolute atomic E-state index is 0.128. The molecule has 0 saturated heterocycles. The molecule has 0 heterocycles. The van der Waals surface area contributed by atoms with E-state index >= 15 is 0 Å². The summed E-state index contributed by atoms with van der Waals surface area (Å²) >= 11 is 12.0. The maximum Gasteiger partial charge on any atom is 0.228 e. The van der Waals surface area contributed by atoms with Gasteiger partial charge < -0.3 is 5.32 Å². The third-order valence-electron chi connectivity index (χ3n) is 3.06. The molecule has 0 bridgehead atoms. The second-order valence-corrected chi connectivity index (χ2v) is 5.69. The molecule has 1 N–H and O–H groups in total. The van der Waals surface area contributed by atoms with Crippen molar-refractivity contribution in [2.24, 2.45) is 0 Å². The van der Waals surface area contributed by atoms with E-state index in [1.165, 1.54) is 12.1 Å². The van der Waals surface area contributed by atoms with Crippen LogP contribution in [0.5, 0.6) is 0 Å². The maximum atomic E-state index is 13.7. The van der Waals surface area contributed by atoms with E-state index < -0.39 is 5.82 Å². The Hall–Kier alpha value is -1.58. The van der Waals surface area contributed by atoms with Gasteiger partial charge >= 0.3 is 0 Å². The van der Waals surface area contributed by atoms with Crippen LogP contribution in [0.25, 0.3) is 0 Å². The molecule has 2 nitrogen and oxygen atoms in total. The van der Waals surface area contributed by atoms with Gasteiger partial charge in [-0.3, -0.25) is 4.79 Å². The number of rotatable bonds is 4. The molecule has 21 heavy (non-hydrogen) atoms. The summed E-state index contributed by atoms with van der Waals surface area (Å²) in [6.45, 7) is 1.82.